The van der Waals surface area contributed by atoms with Crippen LogP contribution in [0.1, 0.15) is 79.8 Å². The number of pyridine rings is 1. The fraction of sp³-hybridized carbons (Fsp3) is 0.344. The van der Waals surface area contributed by atoms with Gasteiger partial charge in [-0.2, -0.15) is 11.3 Å². The minimum Gasteiger partial charge on any atom is -0.479 e. The van der Waals surface area contributed by atoms with Gasteiger partial charge in [0.15, 0.2) is 6.04 Å². The lowest BCUT2D eigenvalue weighted by Crippen LogP contribution is -2.34. The first kappa shape index (κ1) is 26.9. The molecular weight excluding hydrogens is 508 g/mol. The van der Waals surface area contributed by atoms with Gasteiger partial charge in [0.1, 0.15) is 17.2 Å². The molecule has 1 aliphatic rings. The Bertz CT molecular complexity index is 1470. The lowest BCUT2D eigenvalue weighted by molar-refractivity contribution is -0.139. The Morgan fingerprint density at radius 3 is 2.41 bits per heavy atom. The van der Waals surface area contributed by atoms with E-state index in [0.29, 0.717) is 17.2 Å². The number of rotatable bonds is 8. The molecule has 0 aliphatic heterocycles. The molecule has 1 saturated carbocycles. The number of aromatic nitrogens is 1. The van der Waals surface area contributed by atoms with Gasteiger partial charge < -0.3 is 15.2 Å². The number of carboxylic acid groups (broad SMARTS) is 1. The molecule has 1 fully saturated rings. The monoisotopic (exact) mass is 542 g/mol. The molecule has 0 bridgehead atoms. The van der Waals surface area contributed by atoms with Crippen molar-refractivity contribution in [2.75, 3.05) is 0 Å². The van der Waals surface area contributed by atoms with Gasteiger partial charge in [-0.1, -0.05) is 64.7 Å². The summed E-state index contributed by atoms with van der Waals surface area (Å²) in [6.45, 7) is 6.55. The van der Waals surface area contributed by atoms with Crippen molar-refractivity contribution in [3.63, 3.8) is 0 Å². The molecule has 0 saturated heterocycles. The number of fused-ring (bicyclic) bond motifs is 1. The second-order valence-corrected chi connectivity index (χ2v) is 12.1. The van der Waals surface area contributed by atoms with Gasteiger partial charge in [-0.25, -0.2) is 9.78 Å². The number of amides is 1. The van der Waals surface area contributed by atoms with Crippen LogP contribution in [-0.4, -0.2) is 22.0 Å². The second-order valence-electron chi connectivity index (χ2n) is 11.4. The summed E-state index contributed by atoms with van der Waals surface area (Å²) in [6.07, 6.45) is 5.49. The third-order valence-corrected chi connectivity index (χ3v) is 8.13. The van der Waals surface area contributed by atoms with E-state index in [1.54, 1.807) is 22.9 Å². The Hall–Kier alpha value is -3.71. The molecule has 2 heterocycles. The van der Waals surface area contributed by atoms with Crippen molar-refractivity contribution in [3.8, 4) is 11.5 Å². The summed E-state index contributed by atoms with van der Waals surface area (Å²) in [7, 11) is 0. The molecule has 1 atom stereocenters. The van der Waals surface area contributed by atoms with E-state index in [9.17, 15) is 14.7 Å². The van der Waals surface area contributed by atoms with Crippen LogP contribution in [0, 0.1) is 5.92 Å². The first-order valence-corrected chi connectivity index (χ1v) is 14.4. The molecule has 4 aromatic rings. The van der Waals surface area contributed by atoms with Crippen LogP contribution >= 0.6 is 11.3 Å². The fourth-order valence-corrected chi connectivity index (χ4v) is 5.90. The van der Waals surface area contributed by atoms with Gasteiger partial charge in [0.2, 0.25) is 0 Å². The molecule has 0 spiro atoms. The predicted octanol–water partition coefficient (Wildman–Crippen LogP) is 7.67. The van der Waals surface area contributed by atoms with Crippen molar-refractivity contribution in [2.24, 2.45) is 5.92 Å². The number of carbonyl (C=O) groups excluding carboxylic acids is 1. The van der Waals surface area contributed by atoms with Gasteiger partial charge in [0.05, 0.1) is 0 Å². The van der Waals surface area contributed by atoms with Crippen molar-refractivity contribution in [1.29, 1.82) is 0 Å². The lowest BCUT2D eigenvalue weighted by atomic mass is 9.87. The number of ether oxygens (including phenoxy) is 1. The van der Waals surface area contributed by atoms with E-state index in [1.807, 2.05) is 30.3 Å². The third kappa shape index (κ3) is 6.31. The summed E-state index contributed by atoms with van der Waals surface area (Å²) in [5.41, 5.74) is 2.93. The van der Waals surface area contributed by atoms with E-state index < -0.39 is 17.9 Å². The van der Waals surface area contributed by atoms with E-state index in [0.717, 1.165) is 41.5 Å². The number of aliphatic carboxylic acids is 1. The van der Waals surface area contributed by atoms with Crippen LogP contribution in [-0.2, 0) is 16.6 Å². The quantitative estimate of drug-likeness (QED) is 0.238. The maximum absolute atomic E-state index is 13.2. The Kier molecular flexibility index (Phi) is 7.71. The average Bonchev–Trinajstić information content (AvgIpc) is 3.62. The van der Waals surface area contributed by atoms with E-state index >= 15 is 0 Å². The van der Waals surface area contributed by atoms with Crippen LogP contribution in [0.4, 0.5) is 0 Å². The number of thiophene rings is 1. The molecule has 6 nitrogen and oxygen atoms in total. The number of benzene rings is 2. The van der Waals surface area contributed by atoms with E-state index in [1.165, 1.54) is 29.7 Å². The largest absolute Gasteiger partial charge is 0.479 e. The summed E-state index contributed by atoms with van der Waals surface area (Å²) >= 11 is 1.39. The Labute approximate surface area is 233 Å². The highest BCUT2D eigenvalue weighted by atomic mass is 32.1. The summed E-state index contributed by atoms with van der Waals surface area (Å²) in [6, 6.07) is 16.3. The van der Waals surface area contributed by atoms with Crippen LogP contribution < -0.4 is 10.1 Å². The SMILES string of the molecule is CC(C)(C)c1ccc(Oc2ccc3cc(C(=O)N[C@@H](C(=O)O)c4ccsc4)nc(CC4CCCC4)c3c2)cc1. The van der Waals surface area contributed by atoms with Gasteiger partial charge in [0.25, 0.3) is 5.91 Å². The van der Waals surface area contributed by atoms with Crippen molar-refractivity contribution in [1.82, 2.24) is 10.3 Å². The maximum Gasteiger partial charge on any atom is 0.330 e. The third-order valence-electron chi connectivity index (χ3n) is 7.43. The zero-order valence-electron chi connectivity index (χ0n) is 22.6. The molecule has 0 unspecified atom stereocenters. The fourth-order valence-electron chi connectivity index (χ4n) is 5.21. The zero-order valence-corrected chi connectivity index (χ0v) is 23.4. The number of hydrogen-bond acceptors (Lipinski definition) is 5. The first-order chi connectivity index (χ1) is 18.7. The number of nitrogens with zero attached hydrogens (tertiary/aromatic N) is 1. The van der Waals surface area contributed by atoms with Crippen LogP contribution in [0.25, 0.3) is 10.8 Å². The minimum atomic E-state index is -1.13. The number of carboxylic acids is 1. The van der Waals surface area contributed by atoms with Crippen molar-refractivity contribution >= 4 is 34.0 Å². The highest BCUT2D eigenvalue weighted by molar-refractivity contribution is 7.08. The lowest BCUT2D eigenvalue weighted by Gasteiger charge is -2.19. The Morgan fingerprint density at radius 1 is 1.05 bits per heavy atom. The molecule has 2 aromatic carbocycles. The molecule has 0 radical (unpaired) electrons. The zero-order chi connectivity index (χ0) is 27.6. The molecular formula is C32H34N2O4S. The Balaban J connectivity index is 1.45. The first-order valence-electron chi connectivity index (χ1n) is 13.5. The molecule has 202 valence electrons. The molecule has 5 rings (SSSR count). The smallest absolute Gasteiger partial charge is 0.330 e. The van der Waals surface area contributed by atoms with E-state index in [2.05, 4.69) is 38.2 Å². The molecule has 1 amide bonds. The van der Waals surface area contributed by atoms with E-state index in [-0.39, 0.29) is 11.1 Å². The van der Waals surface area contributed by atoms with Gasteiger partial charge in [0, 0.05) is 11.1 Å². The standard InChI is InChI=1S/C32H34N2O4S/c1-32(2,3)23-9-12-24(13-10-23)38-25-11-8-21-17-28(30(35)34-29(31(36)37)22-14-15-39-19-22)33-27(26(21)18-25)16-20-6-4-5-7-20/h8-15,17-20,29H,4-7,16H2,1-3H3,(H,34,35)(H,36,37)/t29-/m1/s1. The van der Waals surface area contributed by atoms with Gasteiger partial charge in [-0.3, -0.25) is 4.79 Å². The summed E-state index contributed by atoms with van der Waals surface area (Å²) in [5, 5.41) is 17.7. The average molecular weight is 543 g/mol. The van der Waals surface area contributed by atoms with Crippen LogP contribution in [0.2, 0.25) is 0 Å². The van der Waals surface area contributed by atoms with Crippen LogP contribution in [0.15, 0.2) is 65.4 Å². The van der Waals surface area contributed by atoms with Crippen LogP contribution in [0.5, 0.6) is 11.5 Å². The Morgan fingerprint density at radius 2 is 1.77 bits per heavy atom. The topological polar surface area (TPSA) is 88.5 Å². The number of nitrogens with one attached hydrogen (secondary N) is 1. The summed E-state index contributed by atoms with van der Waals surface area (Å²) in [4.78, 5) is 29.9. The molecule has 39 heavy (non-hydrogen) atoms. The normalized spacial score (nSPS) is 14.8. The van der Waals surface area contributed by atoms with Gasteiger partial charge in [-0.05, 0) is 81.4 Å². The number of hydrogen-bond donors (Lipinski definition) is 2. The van der Waals surface area contributed by atoms with Gasteiger partial charge in [-0.15, -0.1) is 0 Å². The van der Waals surface area contributed by atoms with Crippen molar-refractivity contribution in [2.45, 2.75) is 64.3 Å². The highest BCUT2D eigenvalue weighted by Gasteiger charge is 2.25. The highest BCUT2D eigenvalue weighted by Crippen LogP contribution is 2.33. The predicted molar refractivity (Wildman–Crippen MR) is 155 cm³/mol. The molecule has 2 aromatic heterocycles. The number of carbonyl (C=O) groups is 2. The van der Waals surface area contributed by atoms with Crippen LogP contribution in [0.3, 0.4) is 0 Å². The minimum absolute atomic E-state index is 0.0699. The van der Waals surface area contributed by atoms with Gasteiger partial charge >= 0.3 is 5.97 Å². The summed E-state index contributed by atoms with van der Waals surface area (Å²) < 4.78 is 6.21. The summed E-state index contributed by atoms with van der Waals surface area (Å²) in [5.74, 6) is 0.387. The van der Waals surface area contributed by atoms with Crippen molar-refractivity contribution in [3.05, 3.63) is 87.9 Å². The second kappa shape index (κ2) is 11.2. The molecule has 7 heteroatoms. The molecule has 1 aliphatic carbocycles. The molecule has 2 N–H and O–H groups in total. The maximum atomic E-state index is 13.2. The van der Waals surface area contributed by atoms with Crippen molar-refractivity contribution < 1.29 is 19.4 Å². The van der Waals surface area contributed by atoms with E-state index in [4.69, 9.17) is 9.72 Å².